The SMILES string of the molecule is Cc1ccc(Cn2cc(C(=O)O)nn2)c(Cl)c1. The highest BCUT2D eigenvalue weighted by Gasteiger charge is 2.09. The van der Waals surface area contributed by atoms with Gasteiger partial charge in [0.25, 0.3) is 0 Å². The molecule has 0 aliphatic carbocycles. The molecule has 1 aromatic carbocycles. The van der Waals surface area contributed by atoms with Crippen molar-refractivity contribution >= 4 is 17.6 Å². The lowest BCUT2D eigenvalue weighted by atomic mass is 10.1. The number of carboxylic acids is 1. The Morgan fingerprint density at radius 3 is 2.88 bits per heavy atom. The van der Waals surface area contributed by atoms with E-state index in [1.807, 2.05) is 25.1 Å². The van der Waals surface area contributed by atoms with E-state index >= 15 is 0 Å². The maximum Gasteiger partial charge on any atom is 0.358 e. The third-order valence-corrected chi connectivity index (χ3v) is 2.65. The van der Waals surface area contributed by atoms with Gasteiger partial charge in [-0.25, -0.2) is 9.48 Å². The molecule has 0 radical (unpaired) electrons. The van der Waals surface area contributed by atoms with Crippen molar-refractivity contribution in [2.45, 2.75) is 13.5 Å². The normalized spacial score (nSPS) is 10.5. The Hall–Kier alpha value is -1.88. The number of halogens is 1. The molecule has 0 aliphatic rings. The molecule has 17 heavy (non-hydrogen) atoms. The molecule has 1 aromatic heterocycles. The molecule has 88 valence electrons. The summed E-state index contributed by atoms with van der Waals surface area (Å²) in [4.78, 5) is 10.6. The number of benzene rings is 1. The minimum atomic E-state index is -1.09. The molecule has 0 bridgehead atoms. The lowest BCUT2D eigenvalue weighted by Gasteiger charge is -2.04. The Morgan fingerprint density at radius 1 is 1.53 bits per heavy atom. The second-order valence-electron chi connectivity index (χ2n) is 3.70. The van der Waals surface area contributed by atoms with Crippen molar-refractivity contribution in [3.8, 4) is 0 Å². The van der Waals surface area contributed by atoms with Crippen LogP contribution in [0.2, 0.25) is 5.02 Å². The van der Waals surface area contributed by atoms with E-state index in [0.717, 1.165) is 11.1 Å². The number of hydrogen-bond acceptors (Lipinski definition) is 3. The van der Waals surface area contributed by atoms with Gasteiger partial charge in [0.15, 0.2) is 5.69 Å². The summed E-state index contributed by atoms with van der Waals surface area (Å²) in [6, 6.07) is 5.68. The minimum Gasteiger partial charge on any atom is -0.476 e. The molecule has 0 saturated carbocycles. The standard InChI is InChI=1S/C11H10ClN3O2/c1-7-2-3-8(9(12)4-7)5-15-6-10(11(16)17)13-14-15/h2-4,6H,5H2,1H3,(H,16,17). The molecule has 0 aliphatic heterocycles. The van der Waals surface area contributed by atoms with Gasteiger partial charge in [-0.2, -0.15) is 0 Å². The number of aryl methyl sites for hydroxylation is 1. The van der Waals surface area contributed by atoms with Crippen molar-refractivity contribution in [2.24, 2.45) is 0 Å². The Morgan fingerprint density at radius 2 is 2.29 bits per heavy atom. The zero-order valence-electron chi connectivity index (χ0n) is 9.09. The number of carbonyl (C=O) groups is 1. The van der Waals surface area contributed by atoms with E-state index in [2.05, 4.69) is 10.3 Å². The van der Waals surface area contributed by atoms with Crippen molar-refractivity contribution in [1.82, 2.24) is 15.0 Å². The number of aromatic carboxylic acids is 1. The Balaban J connectivity index is 2.22. The van der Waals surface area contributed by atoms with Crippen LogP contribution in [0.1, 0.15) is 21.6 Å². The summed E-state index contributed by atoms with van der Waals surface area (Å²) in [5.41, 5.74) is 1.87. The first kappa shape index (κ1) is 11.6. The molecule has 0 saturated heterocycles. The van der Waals surface area contributed by atoms with Gasteiger partial charge in [0.05, 0.1) is 12.7 Å². The van der Waals surface area contributed by atoms with Gasteiger partial charge in [-0.1, -0.05) is 28.9 Å². The summed E-state index contributed by atoms with van der Waals surface area (Å²) in [6.45, 7) is 2.35. The molecular formula is C11H10ClN3O2. The lowest BCUT2D eigenvalue weighted by molar-refractivity contribution is 0.0690. The van der Waals surface area contributed by atoms with Crippen LogP contribution in [0.15, 0.2) is 24.4 Å². The van der Waals surface area contributed by atoms with Gasteiger partial charge >= 0.3 is 5.97 Å². The Bertz CT molecular complexity index is 566. The fourth-order valence-electron chi connectivity index (χ4n) is 1.43. The van der Waals surface area contributed by atoms with E-state index < -0.39 is 5.97 Å². The number of hydrogen-bond donors (Lipinski definition) is 1. The maximum absolute atomic E-state index is 10.6. The quantitative estimate of drug-likeness (QED) is 0.906. The summed E-state index contributed by atoms with van der Waals surface area (Å²) in [6.07, 6.45) is 1.37. The monoisotopic (exact) mass is 251 g/mol. The first-order chi connectivity index (χ1) is 8.06. The molecule has 6 heteroatoms. The highest BCUT2D eigenvalue weighted by molar-refractivity contribution is 6.31. The fourth-order valence-corrected chi connectivity index (χ4v) is 1.72. The molecule has 1 N–H and O–H groups in total. The predicted molar refractivity (Wildman–Crippen MR) is 62.3 cm³/mol. The molecule has 0 atom stereocenters. The summed E-state index contributed by atoms with van der Waals surface area (Å²) < 4.78 is 1.44. The van der Waals surface area contributed by atoms with Crippen LogP contribution in [0.5, 0.6) is 0 Å². The second-order valence-corrected chi connectivity index (χ2v) is 4.11. The second kappa shape index (κ2) is 4.55. The van der Waals surface area contributed by atoms with E-state index in [-0.39, 0.29) is 5.69 Å². The first-order valence-corrected chi connectivity index (χ1v) is 5.32. The molecule has 0 spiro atoms. The average molecular weight is 252 g/mol. The van der Waals surface area contributed by atoms with Gasteiger partial charge in [-0.15, -0.1) is 5.10 Å². The van der Waals surface area contributed by atoms with Crippen LogP contribution in [-0.2, 0) is 6.54 Å². The van der Waals surface area contributed by atoms with Gasteiger partial charge in [-0.3, -0.25) is 0 Å². The highest BCUT2D eigenvalue weighted by Crippen LogP contribution is 2.18. The summed E-state index contributed by atoms with van der Waals surface area (Å²) in [5.74, 6) is -1.09. The van der Waals surface area contributed by atoms with Crippen molar-refractivity contribution < 1.29 is 9.90 Å². The largest absolute Gasteiger partial charge is 0.476 e. The number of rotatable bonds is 3. The van der Waals surface area contributed by atoms with E-state index in [4.69, 9.17) is 16.7 Å². The van der Waals surface area contributed by atoms with Crippen LogP contribution in [0.4, 0.5) is 0 Å². The van der Waals surface area contributed by atoms with Gasteiger partial charge in [0.1, 0.15) is 0 Å². The molecule has 0 unspecified atom stereocenters. The van der Waals surface area contributed by atoms with E-state index in [0.29, 0.717) is 11.6 Å². The molecule has 2 aromatic rings. The van der Waals surface area contributed by atoms with Crippen LogP contribution < -0.4 is 0 Å². The molecule has 0 fully saturated rings. The van der Waals surface area contributed by atoms with Crippen molar-refractivity contribution in [1.29, 1.82) is 0 Å². The molecule has 0 amide bonds. The van der Waals surface area contributed by atoms with Crippen molar-refractivity contribution in [3.05, 3.63) is 46.2 Å². The first-order valence-electron chi connectivity index (χ1n) is 4.95. The zero-order chi connectivity index (χ0) is 12.4. The minimum absolute atomic E-state index is 0.0757. The highest BCUT2D eigenvalue weighted by atomic mass is 35.5. The van der Waals surface area contributed by atoms with Crippen molar-refractivity contribution in [2.75, 3.05) is 0 Å². The van der Waals surface area contributed by atoms with E-state index in [1.54, 1.807) is 0 Å². The van der Waals surface area contributed by atoms with Crippen LogP contribution in [0.25, 0.3) is 0 Å². The third-order valence-electron chi connectivity index (χ3n) is 2.30. The van der Waals surface area contributed by atoms with Crippen LogP contribution in [-0.4, -0.2) is 26.1 Å². The van der Waals surface area contributed by atoms with E-state index in [9.17, 15) is 4.79 Å². The topological polar surface area (TPSA) is 68.0 Å². The smallest absolute Gasteiger partial charge is 0.358 e. The number of carboxylic acid groups (broad SMARTS) is 1. The van der Waals surface area contributed by atoms with E-state index in [1.165, 1.54) is 10.9 Å². The predicted octanol–water partition coefficient (Wildman–Crippen LogP) is 1.99. The molecule has 1 heterocycles. The molecule has 2 rings (SSSR count). The third kappa shape index (κ3) is 2.62. The molecular weight excluding hydrogens is 242 g/mol. The summed E-state index contributed by atoms with van der Waals surface area (Å²) in [5, 5.41) is 16.6. The maximum atomic E-state index is 10.6. The number of aromatic nitrogens is 3. The van der Waals surface area contributed by atoms with Crippen LogP contribution in [0.3, 0.4) is 0 Å². The van der Waals surface area contributed by atoms with Gasteiger partial charge < -0.3 is 5.11 Å². The zero-order valence-corrected chi connectivity index (χ0v) is 9.85. The molecule has 5 nitrogen and oxygen atoms in total. The Kier molecular flexibility index (Phi) is 3.10. The lowest BCUT2D eigenvalue weighted by Crippen LogP contribution is -2.01. The fraction of sp³-hybridized carbons (Fsp3) is 0.182. The number of nitrogens with zero attached hydrogens (tertiary/aromatic N) is 3. The average Bonchev–Trinajstić information content (AvgIpc) is 2.71. The van der Waals surface area contributed by atoms with Crippen LogP contribution in [0, 0.1) is 6.92 Å². The summed E-state index contributed by atoms with van der Waals surface area (Å²) in [7, 11) is 0. The van der Waals surface area contributed by atoms with Gasteiger partial charge in [0.2, 0.25) is 0 Å². The Labute approximate surface area is 103 Å². The summed E-state index contributed by atoms with van der Waals surface area (Å²) >= 11 is 6.07. The van der Waals surface area contributed by atoms with Gasteiger partial charge in [-0.05, 0) is 24.1 Å². The van der Waals surface area contributed by atoms with Gasteiger partial charge in [0, 0.05) is 5.02 Å². The van der Waals surface area contributed by atoms with Crippen LogP contribution >= 0.6 is 11.6 Å². The van der Waals surface area contributed by atoms with Crippen molar-refractivity contribution in [3.63, 3.8) is 0 Å².